The molecule has 0 saturated carbocycles. The van der Waals surface area contributed by atoms with E-state index >= 15 is 0 Å². The van der Waals surface area contributed by atoms with Crippen molar-refractivity contribution >= 4 is 19.7 Å². The molecule has 508 valence electrons. The van der Waals surface area contributed by atoms with Crippen LogP contribution in [0.25, 0.3) is 0 Å². The van der Waals surface area contributed by atoms with Crippen LogP contribution in [0.1, 0.15) is 355 Å². The minimum absolute atomic E-state index is 0.0262. The Hall–Kier alpha value is -2.55. The molecule has 0 saturated heterocycles. The Bertz CT molecular complexity index is 1720. The topological polar surface area (TPSA) is 114 Å². The van der Waals surface area contributed by atoms with E-state index in [0.29, 0.717) is 23.9 Å². The number of likely N-dealkylation sites (N-methyl/N-ethyl adjacent to an activating group) is 1. The van der Waals surface area contributed by atoms with E-state index in [2.05, 4.69) is 86.8 Å². The third-order valence-electron chi connectivity index (χ3n) is 16.7. The van der Waals surface area contributed by atoms with Gasteiger partial charge in [0.25, 0.3) is 7.82 Å². The van der Waals surface area contributed by atoms with Crippen LogP contribution in [0.4, 0.5) is 0 Å². The second-order valence-corrected chi connectivity index (χ2v) is 27.8. The molecule has 1 amide bonds. The normalized spacial score (nSPS) is 13.9. The predicted molar refractivity (Wildman–Crippen MR) is 376 cm³/mol. The van der Waals surface area contributed by atoms with Crippen molar-refractivity contribution < 1.29 is 37.3 Å². The number of unbranched alkanes of at least 4 members (excludes halogenated alkanes) is 42. The minimum Gasteiger partial charge on any atom is -0.756 e. The lowest BCUT2D eigenvalue weighted by Crippen LogP contribution is -2.47. The van der Waals surface area contributed by atoms with Gasteiger partial charge in [-0.05, 0) is 76.7 Å². The number of phosphoric acid groups is 1. The zero-order valence-corrected chi connectivity index (χ0v) is 59.1. The summed E-state index contributed by atoms with van der Waals surface area (Å²) < 4.78 is 30.5. The van der Waals surface area contributed by atoms with Crippen molar-refractivity contribution in [1.82, 2.24) is 5.32 Å². The van der Waals surface area contributed by atoms with Gasteiger partial charge in [-0.1, -0.05) is 338 Å². The number of ether oxygens (including phenoxy) is 1. The summed E-state index contributed by atoms with van der Waals surface area (Å²) in [5, 5.41) is 3.05. The van der Waals surface area contributed by atoms with Gasteiger partial charge in [0.05, 0.1) is 33.8 Å². The van der Waals surface area contributed by atoms with Gasteiger partial charge in [0, 0.05) is 12.8 Å². The second-order valence-electron chi connectivity index (χ2n) is 26.4. The molecule has 0 aliphatic heterocycles. The van der Waals surface area contributed by atoms with Crippen LogP contribution >= 0.6 is 7.82 Å². The number of esters is 1. The number of hydrogen-bond donors (Lipinski definition) is 1. The van der Waals surface area contributed by atoms with E-state index in [1.807, 2.05) is 33.3 Å². The third kappa shape index (κ3) is 67.7. The molecule has 0 radical (unpaired) electrons. The van der Waals surface area contributed by atoms with Crippen LogP contribution in [-0.4, -0.2) is 69.4 Å². The summed E-state index contributed by atoms with van der Waals surface area (Å²) in [4.78, 5) is 40.2. The van der Waals surface area contributed by atoms with Crippen LogP contribution < -0.4 is 10.2 Å². The Morgan fingerprint density at radius 2 is 0.736 bits per heavy atom. The summed E-state index contributed by atoms with van der Waals surface area (Å²) >= 11 is 0. The van der Waals surface area contributed by atoms with Crippen LogP contribution in [0, 0.1) is 0 Å². The average Bonchev–Trinajstić information content (AvgIpc) is 3.70. The Balaban J connectivity index is 5.04. The number of carbonyl (C=O) groups is 2. The fourth-order valence-electron chi connectivity index (χ4n) is 11.0. The molecule has 0 aromatic rings. The molecule has 0 aliphatic carbocycles. The summed E-state index contributed by atoms with van der Waals surface area (Å²) in [6.07, 6.45) is 87.5. The van der Waals surface area contributed by atoms with Gasteiger partial charge in [-0.3, -0.25) is 14.2 Å². The van der Waals surface area contributed by atoms with E-state index in [4.69, 9.17) is 13.8 Å². The molecule has 0 bridgehead atoms. The number of amides is 1. The molecule has 0 aromatic carbocycles. The van der Waals surface area contributed by atoms with Crippen LogP contribution in [0.5, 0.6) is 0 Å². The van der Waals surface area contributed by atoms with E-state index in [1.165, 1.54) is 212 Å². The molecule has 0 rings (SSSR count). The van der Waals surface area contributed by atoms with Crippen molar-refractivity contribution in [3.8, 4) is 0 Å². The van der Waals surface area contributed by atoms with E-state index in [9.17, 15) is 19.0 Å². The molecule has 3 atom stereocenters. The van der Waals surface area contributed by atoms with Gasteiger partial charge in [0.1, 0.15) is 19.3 Å². The smallest absolute Gasteiger partial charge is 0.306 e. The second kappa shape index (κ2) is 66.4. The highest BCUT2D eigenvalue weighted by molar-refractivity contribution is 7.45. The number of hydrogen-bond acceptors (Lipinski definition) is 7. The van der Waals surface area contributed by atoms with Crippen molar-refractivity contribution in [3.05, 3.63) is 72.9 Å². The number of quaternary nitrogens is 1. The molecule has 3 unspecified atom stereocenters. The lowest BCUT2D eigenvalue weighted by Gasteiger charge is -2.30. The summed E-state index contributed by atoms with van der Waals surface area (Å²) in [7, 11) is 1.18. The number of allylic oxidation sites excluding steroid dienone is 11. The first kappa shape index (κ1) is 84.5. The zero-order chi connectivity index (χ0) is 63.5. The fourth-order valence-corrected chi connectivity index (χ4v) is 11.7. The van der Waals surface area contributed by atoms with Crippen molar-refractivity contribution in [3.63, 3.8) is 0 Å². The summed E-state index contributed by atoms with van der Waals surface area (Å²) in [6, 6.07) is -0.899. The molecular formula is C77H143N2O7P. The Morgan fingerprint density at radius 1 is 0.414 bits per heavy atom. The molecule has 10 heteroatoms. The maximum Gasteiger partial charge on any atom is 0.306 e. The molecular weight excluding hydrogens is 1100 g/mol. The highest BCUT2D eigenvalue weighted by atomic mass is 31.2. The molecule has 0 spiro atoms. The van der Waals surface area contributed by atoms with Gasteiger partial charge in [0.2, 0.25) is 5.91 Å². The average molecular weight is 1240 g/mol. The van der Waals surface area contributed by atoms with Gasteiger partial charge in [-0.2, -0.15) is 0 Å². The van der Waals surface area contributed by atoms with Crippen molar-refractivity contribution in [2.45, 2.75) is 367 Å². The first-order chi connectivity index (χ1) is 42.4. The number of rotatable bonds is 68. The lowest BCUT2D eigenvalue weighted by molar-refractivity contribution is -0.870. The van der Waals surface area contributed by atoms with Crippen LogP contribution in [0.3, 0.4) is 0 Å². The maximum absolute atomic E-state index is 13.6. The van der Waals surface area contributed by atoms with Gasteiger partial charge in [-0.25, -0.2) is 0 Å². The molecule has 0 aromatic heterocycles. The maximum atomic E-state index is 13.6. The SMILES string of the molecule is CC/C=C\C/C=C\C/C=C\C/C=C\C/C=C\CCCCCCCC(=O)OC(/C=C/CCCCCCCCCCCCC)C(COP(=O)([O-])OCC[N+](C)(C)C)NC(=O)CCCCCCCCCCCCCCCCCCCCCCCCCCCCC. The van der Waals surface area contributed by atoms with Crippen LogP contribution in [0.2, 0.25) is 0 Å². The zero-order valence-electron chi connectivity index (χ0n) is 58.2. The van der Waals surface area contributed by atoms with Crippen molar-refractivity contribution in [2.24, 2.45) is 0 Å². The van der Waals surface area contributed by atoms with Crippen molar-refractivity contribution in [2.75, 3.05) is 40.9 Å². The highest BCUT2D eigenvalue weighted by Gasteiger charge is 2.27. The Kier molecular flexibility index (Phi) is 64.4. The molecule has 0 aliphatic rings. The van der Waals surface area contributed by atoms with E-state index < -0.39 is 26.6 Å². The fraction of sp³-hybridized carbons (Fsp3) is 0.818. The van der Waals surface area contributed by atoms with Gasteiger partial charge in [-0.15, -0.1) is 0 Å². The minimum atomic E-state index is -4.71. The molecule has 1 N–H and O–H groups in total. The molecule has 87 heavy (non-hydrogen) atoms. The Morgan fingerprint density at radius 3 is 1.10 bits per heavy atom. The molecule has 0 heterocycles. The summed E-state index contributed by atoms with van der Waals surface area (Å²) in [5.74, 6) is -0.549. The van der Waals surface area contributed by atoms with Gasteiger partial charge >= 0.3 is 5.97 Å². The first-order valence-corrected chi connectivity index (χ1v) is 38.7. The number of carbonyl (C=O) groups excluding carboxylic acids is 2. The third-order valence-corrected chi connectivity index (χ3v) is 17.6. The summed E-state index contributed by atoms with van der Waals surface area (Å²) in [6.45, 7) is 6.77. The Labute approximate surface area is 540 Å². The van der Waals surface area contributed by atoms with Crippen LogP contribution in [-0.2, 0) is 27.9 Å². The van der Waals surface area contributed by atoms with Crippen molar-refractivity contribution in [1.29, 1.82) is 0 Å². The van der Waals surface area contributed by atoms with E-state index in [1.54, 1.807) is 0 Å². The van der Waals surface area contributed by atoms with Gasteiger partial charge < -0.3 is 28.5 Å². The van der Waals surface area contributed by atoms with E-state index in [0.717, 1.165) is 103 Å². The summed E-state index contributed by atoms with van der Waals surface area (Å²) in [5.41, 5.74) is 0. The first-order valence-electron chi connectivity index (χ1n) is 37.2. The standard InChI is InChI=1S/C77H143N2O7P/c1-7-10-13-16-19-22-25-28-30-32-34-36-37-38-39-40-41-43-44-46-48-51-54-57-60-63-66-69-76(80)78-74(73-85-87(82,83)84-72-71-79(4,5)6)75(68-65-62-59-56-53-50-27-24-21-18-15-12-9-3)86-77(81)70-67-64-61-58-55-52-49-47-45-42-35-33-31-29-26-23-20-17-14-11-8-2/h11,14,20,23,29,31,35,42,47,49,65,68,74-75H,7-10,12-13,15-19,21-22,24-28,30,32-34,36-41,43-46,48,50-64,66-67,69-73H2,1-6H3,(H-,78,80,82,83)/b14-11-,23-20-,31-29-,42-35-,49-47-,68-65+. The molecule has 9 nitrogen and oxygen atoms in total. The van der Waals surface area contributed by atoms with Crippen LogP contribution in [0.15, 0.2) is 72.9 Å². The number of nitrogens with zero attached hydrogens (tertiary/aromatic N) is 1. The van der Waals surface area contributed by atoms with E-state index in [-0.39, 0.29) is 24.9 Å². The lowest BCUT2D eigenvalue weighted by atomic mass is 10.0. The highest BCUT2D eigenvalue weighted by Crippen LogP contribution is 2.38. The number of nitrogens with one attached hydrogen (secondary N) is 1. The predicted octanol–water partition coefficient (Wildman–Crippen LogP) is 23.3. The van der Waals surface area contributed by atoms with Gasteiger partial charge in [0.15, 0.2) is 0 Å². The molecule has 0 fully saturated rings. The monoisotopic (exact) mass is 1240 g/mol. The largest absolute Gasteiger partial charge is 0.756 e. The quantitative estimate of drug-likeness (QED) is 0.0212. The number of phosphoric ester groups is 1.